The van der Waals surface area contributed by atoms with Gasteiger partial charge in [0.05, 0.1) is 6.33 Å². The molecule has 3 rings (SSSR count). The van der Waals surface area contributed by atoms with Gasteiger partial charge in [0.15, 0.2) is 5.96 Å². The van der Waals surface area contributed by atoms with E-state index in [0.717, 1.165) is 36.2 Å². The van der Waals surface area contributed by atoms with Crippen LogP contribution >= 0.6 is 0 Å². The summed E-state index contributed by atoms with van der Waals surface area (Å²) in [5.41, 5.74) is 8.80. The molecule has 0 aliphatic carbocycles. The Morgan fingerprint density at radius 1 is 1.18 bits per heavy atom. The number of nitrogens with one attached hydrogen (secondary N) is 2. The summed E-state index contributed by atoms with van der Waals surface area (Å²) in [6.45, 7) is 1.31. The summed E-state index contributed by atoms with van der Waals surface area (Å²) in [6, 6.07) is 12.3. The Morgan fingerprint density at radius 2 is 2.00 bits per heavy atom. The van der Waals surface area contributed by atoms with Crippen LogP contribution in [0.15, 0.2) is 61.2 Å². The van der Waals surface area contributed by atoms with Gasteiger partial charge >= 0.3 is 0 Å². The van der Waals surface area contributed by atoms with E-state index in [2.05, 4.69) is 15.0 Å². The molecule has 1 atom stereocenters. The first-order valence-electron chi connectivity index (χ1n) is 9.36. The quantitative estimate of drug-likeness (QED) is 0.392. The standard InChI is InChI=1S/C21H25FN6/c22-17-8-6-16(7-9-17)19(20-5-1-2-11-26-20)10-13-28(21(23)24)12-3-4-18-14-25-15-27-18/h1-2,5-9,11,14-15,19H,3-4,10,12-13H2,(H3,23,24)(H,25,27). The van der Waals surface area contributed by atoms with Crippen molar-refractivity contribution in [3.05, 3.63) is 84.0 Å². The molecule has 2 heterocycles. The minimum absolute atomic E-state index is 0.0104. The molecule has 0 saturated heterocycles. The fourth-order valence-electron chi connectivity index (χ4n) is 3.28. The van der Waals surface area contributed by atoms with Crippen molar-refractivity contribution in [2.45, 2.75) is 25.2 Å². The number of hydrogen-bond donors (Lipinski definition) is 3. The lowest BCUT2D eigenvalue weighted by atomic mass is 9.91. The van der Waals surface area contributed by atoms with E-state index in [0.29, 0.717) is 13.1 Å². The van der Waals surface area contributed by atoms with E-state index >= 15 is 0 Å². The number of hydrogen-bond acceptors (Lipinski definition) is 3. The molecule has 4 N–H and O–H groups in total. The first-order chi connectivity index (χ1) is 13.6. The van der Waals surface area contributed by atoms with Gasteiger partial charge in [0, 0.05) is 42.8 Å². The maximum absolute atomic E-state index is 13.4. The van der Waals surface area contributed by atoms with Crippen molar-refractivity contribution < 1.29 is 4.39 Å². The second-order valence-electron chi connectivity index (χ2n) is 6.70. The number of nitrogens with two attached hydrogens (primary N) is 1. The molecule has 0 bridgehead atoms. The van der Waals surface area contributed by atoms with Crippen molar-refractivity contribution in [1.29, 1.82) is 5.41 Å². The molecule has 0 amide bonds. The maximum Gasteiger partial charge on any atom is 0.188 e. The summed E-state index contributed by atoms with van der Waals surface area (Å²) < 4.78 is 13.4. The van der Waals surface area contributed by atoms with Crippen LogP contribution in [0.5, 0.6) is 0 Å². The van der Waals surface area contributed by atoms with Crippen LogP contribution in [0.1, 0.15) is 35.7 Å². The Hall–Kier alpha value is -3.22. The van der Waals surface area contributed by atoms with Crippen LogP contribution in [0.25, 0.3) is 0 Å². The molecular weight excluding hydrogens is 355 g/mol. The van der Waals surface area contributed by atoms with Crippen LogP contribution in [0.4, 0.5) is 4.39 Å². The van der Waals surface area contributed by atoms with Crippen molar-refractivity contribution >= 4 is 5.96 Å². The summed E-state index contributed by atoms with van der Waals surface area (Å²) in [5, 5.41) is 7.90. The Labute approximate surface area is 164 Å². The van der Waals surface area contributed by atoms with Crippen LogP contribution in [-0.4, -0.2) is 38.9 Å². The topological polar surface area (TPSA) is 94.7 Å². The van der Waals surface area contributed by atoms with E-state index in [9.17, 15) is 4.39 Å². The SMILES string of the molecule is N=C(N)N(CCCc1cnc[nH]1)CCC(c1ccc(F)cc1)c1ccccn1. The number of rotatable bonds is 9. The number of pyridine rings is 1. The monoisotopic (exact) mass is 380 g/mol. The van der Waals surface area contributed by atoms with E-state index in [1.54, 1.807) is 24.7 Å². The number of aromatic nitrogens is 3. The molecule has 0 spiro atoms. The number of guanidine groups is 1. The zero-order valence-electron chi connectivity index (χ0n) is 15.7. The van der Waals surface area contributed by atoms with Crippen LogP contribution in [0.3, 0.4) is 0 Å². The molecule has 0 radical (unpaired) electrons. The number of H-pyrrole nitrogens is 1. The van der Waals surface area contributed by atoms with Crippen molar-refractivity contribution in [1.82, 2.24) is 19.9 Å². The number of halogens is 1. The van der Waals surface area contributed by atoms with E-state index in [4.69, 9.17) is 11.1 Å². The van der Waals surface area contributed by atoms with Crippen molar-refractivity contribution in [3.8, 4) is 0 Å². The fraction of sp³-hybridized carbons (Fsp3) is 0.286. The lowest BCUT2D eigenvalue weighted by Gasteiger charge is -2.25. The predicted octanol–water partition coefficient (Wildman–Crippen LogP) is 3.29. The molecule has 1 aromatic carbocycles. The van der Waals surface area contributed by atoms with Gasteiger partial charge in [-0.3, -0.25) is 10.4 Å². The predicted molar refractivity (Wildman–Crippen MR) is 107 cm³/mol. The van der Waals surface area contributed by atoms with Gasteiger partial charge in [0.2, 0.25) is 0 Å². The third kappa shape index (κ3) is 5.39. The molecule has 0 fully saturated rings. The molecule has 0 aliphatic heterocycles. The van der Waals surface area contributed by atoms with Gasteiger partial charge in [-0.05, 0) is 49.1 Å². The van der Waals surface area contributed by atoms with Crippen molar-refractivity contribution in [2.75, 3.05) is 13.1 Å². The zero-order valence-corrected chi connectivity index (χ0v) is 15.7. The summed E-state index contributed by atoms with van der Waals surface area (Å²) in [5.74, 6) is -0.188. The van der Waals surface area contributed by atoms with Crippen LogP contribution in [-0.2, 0) is 6.42 Å². The Morgan fingerprint density at radius 3 is 2.64 bits per heavy atom. The number of aryl methyl sites for hydroxylation is 1. The smallest absolute Gasteiger partial charge is 0.188 e. The van der Waals surface area contributed by atoms with Gasteiger partial charge in [-0.25, -0.2) is 9.37 Å². The van der Waals surface area contributed by atoms with E-state index in [1.165, 1.54) is 12.1 Å². The third-order valence-corrected chi connectivity index (χ3v) is 4.77. The number of nitrogens with zero attached hydrogens (tertiary/aromatic N) is 3. The third-order valence-electron chi connectivity index (χ3n) is 4.77. The molecule has 7 heteroatoms. The second-order valence-corrected chi connectivity index (χ2v) is 6.70. The molecule has 146 valence electrons. The minimum atomic E-state index is -0.257. The molecule has 28 heavy (non-hydrogen) atoms. The Bertz CT molecular complexity index is 848. The highest BCUT2D eigenvalue weighted by Crippen LogP contribution is 2.27. The van der Waals surface area contributed by atoms with Crippen molar-refractivity contribution in [2.24, 2.45) is 5.73 Å². The summed E-state index contributed by atoms with van der Waals surface area (Å²) in [6.07, 6.45) is 7.69. The molecule has 2 aromatic heterocycles. The molecule has 6 nitrogen and oxygen atoms in total. The van der Waals surface area contributed by atoms with Gasteiger partial charge < -0.3 is 15.6 Å². The van der Waals surface area contributed by atoms with E-state index in [1.807, 2.05) is 29.3 Å². The first kappa shape index (κ1) is 19.5. The van der Waals surface area contributed by atoms with Gasteiger partial charge in [-0.2, -0.15) is 0 Å². The largest absolute Gasteiger partial charge is 0.370 e. The lowest BCUT2D eigenvalue weighted by Crippen LogP contribution is -2.38. The Kier molecular flexibility index (Phi) is 6.73. The number of imidazole rings is 1. The number of aromatic amines is 1. The highest BCUT2D eigenvalue weighted by atomic mass is 19.1. The summed E-state index contributed by atoms with van der Waals surface area (Å²) >= 11 is 0. The van der Waals surface area contributed by atoms with E-state index in [-0.39, 0.29) is 17.7 Å². The number of benzene rings is 1. The van der Waals surface area contributed by atoms with Crippen LogP contribution in [0.2, 0.25) is 0 Å². The molecule has 1 unspecified atom stereocenters. The normalized spacial score (nSPS) is 11.9. The van der Waals surface area contributed by atoms with Crippen LogP contribution < -0.4 is 5.73 Å². The lowest BCUT2D eigenvalue weighted by molar-refractivity contribution is 0.386. The Balaban J connectivity index is 1.66. The van der Waals surface area contributed by atoms with Crippen molar-refractivity contribution in [3.63, 3.8) is 0 Å². The second kappa shape index (κ2) is 9.64. The van der Waals surface area contributed by atoms with Gasteiger partial charge in [-0.1, -0.05) is 18.2 Å². The average Bonchev–Trinajstić information content (AvgIpc) is 3.22. The van der Waals surface area contributed by atoms with Crippen LogP contribution in [0, 0.1) is 11.2 Å². The maximum atomic E-state index is 13.4. The zero-order chi connectivity index (χ0) is 19.8. The van der Waals surface area contributed by atoms with Gasteiger partial charge in [0.1, 0.15) is 5.82 Å². The average molecular weight is 380 g/mol. The summed E-state index contributed by atoms with van der Waals surface area (Å²) in [7, 11) is 0. The molecule has 3 aromatic rings. The molecule has 0 saturated carbocycles. The van der Waals surface area contributed by atoms with E-state index < -0.39 is 0 Å². The van der Waals surface area contributed by atoms with Gasteiger partial charge in [0.25, 0.3) is 0 Å². The fourth-order valence-corrected chi connectivity index (χ4v) is 3.28. The highest BCUT2D eigenvalue weighted by molar-refractivity contribution is 5.74. The molecular formula is C21H25FN6. The van der Waals surface area contributed by atoms with Gasteiger partial charge in [-0.15, -0.1) is 0 Å². The first-order valence-corrected chi connectivity index (χ1v) is 9.36. The highest BCUT2D eigenvalue weighted by Gasteiger charge is 2.18. The molecule has 0 aliphatic rings. The summed E-state index contributed by atoms with van der Waals surface area (Å²) in [4.78, 5) is 13.5. The minimum Gasteiger partial charge on any atom is -0.370 e.